The molecule has 0 amide bonds. The minimum absolute atomic E-state index is 0.617. The van der Waals surface area contributed by atoms with Crippen LogP contribution in [-0.4, -0.2) is 20.8 Å². The van der Waals surface area contributed by atoms with Crippen LogP contribution in [0.4, 0.5) is 0 Å². The van der Waals surface area contributed by atoms with Gasteiger partial charge in [0.25, 0.3) is 0 Å². The van der Waals surface area contributed by atoms with Crippen LogP contribution in [0.15, 0.2) is 29.0 Å². The molecule has 0 aliphatic rings. The van der Waals surface area contributed by atoms with Gasteiger partial charge in [0.15, 0.2) is 11.5 Å². The Hall–Kier alpha value is -1.23. The van der Waals surface area contributed by atoms with Crippen LogP contribution < -0.4 is 14.8 Å². The Kier molecular flexibility index (Phi) is 5.71. The van der Waals surface area contributed by atoms with Gasteiger partial charge < -0.3 is 14.8 Å². The number of thiophene rings is 1. The van der Waals surface area contributed by atoms with Crippen LogP contribution in [0.2, 0.25) is 5.02 Å². The maximum Gasteiger partial charge on any atom is 0.165 e. The van der Waals surface area contributed by atoms with Crippen LogP contribution >= 0.6 is 22.9 Å². The second-order valence-corrected chi connectivity index (χ2v) is 5.57. The summed E-state index contributed by atoms with van der Waals surface area (Å²) in [6.07, 6.45) is 0.883. The van der Waals surface area contributed by atoms with E-state index in [1.54, 1.807) is 24.5 Å². The van der Waals surface area contributed by atoms with Crippen molar-refractivity contribution in [2.45, 2.75) is 13.0 Å². The van der Waals surface area contributed by atoms with Crippen LogP contribution in [0.1, 0.15) is 11.1 Å². The molecule has 0 saturated carbocycles. The smallest absolute Gasteiger partial charge is 0.165 e. The lowest BCUT2D eigenvalue weighted by atomic mass is 10.1. The SMILES string of the molecule is CNCc1cc(Cl)cc(OC)c1OCCc1ccsc1. The minimum Gasteiger partial charge on any atom is -0.493 e. The van der Waals surface area contributed by atoms with Crippen molar-refractivity contribution in [3.63, 3.8) is 0 Å². The first-order chi connectivity index (χ1) is 9.74. The van der Waals surface area contributed by atoms with Crippen molar-refractivity contribution in [1.82, 2.24) is 5.32 Å². The summed E-state index contributed by atoms with van der Waals surface area (Å²) in [5.41, 5.74) is 2.29. The third kappa shape index (κ3) is 3.88. The van der Waals surface area contributed by atoms with Gasteiger partial charge in [0, 0.05) is 29.6 Å². The molecular formula is C15H18ClNO2S. The lowest BCUT2D eigenvalue weighted by Gasteiger charge is -2.15. The Morgan fingerprint density at radius 2 is 2.20 bits per heavy atom. The molecule has 1 aromatic carbocycles. The molecule has 1 aromatic heterocycles. The molecule has 1 N–H and O–H groups in total. The summed E-state index contributed by atoms with van der Waals surface area (Å²) < 4.78 is 11.3. The summed E-state index contributed by atoms with van der Waals surface area (Å²) in [5.74, 6) is 1.44. The molecule has 0 fully saturated rings. The van der Waals surface area contributed by atoms with E-state index in [4.69, 9.17) is 21.1 Å². The Bertz CT molecular complexity index is 543. The van der Waals surface area contributed by atoms with Crippen molar-refractivity contribution >= 4 is 22.9 Å². The van der Waals surface area contributed by atoms with Gasteiger partial charge >= 0.3 is 0 Å². The van der Waals surface area contributed by atoms with E-state index in [0.29, 0.717) is 23.9 Å². The van der Waals surface area contributed by atoms with Gasteiger partial charge in [0.1, 0.15) is 0 Å². The third-order valence-electron chi connectivity index (χ3n) is 2.90. The highest BCUT2D eigenvalue weighted by molar-refractivity contribution is 7.07. The van der Waals surface area contributed by atoms with Crippen molar-refractivity contribution in [2.24, 2.45) is 0 Å². The topological polar surface area (TPSA) is 30.5 Å². The van der Waals surface area contributed by atoms with E-state index < -0.39 is 0 Å². The summed E-state index contributed by atoms with van der Waals surface area (Å²) in [7, 11) is 3.52. The fourth-order valence-corrected chi connectivity index (χ4v) is 2.90. The molecular weight excluding hydrogens is 294 g/mol. The largest absolute Gasteiger partial charge is 0.493 e. The molecule has 3 nitrogen and oxygen atoms in total. The second kappa shape index (κ2) is 7.53. The van der Waals surface area contributed by atoms with E-state index in [1.165, 1.54) is 5.56 Å². The third-order valence-corrected chi connectivity index (χ3v) is 3.85. The first-order valence-corrected chi connectivity index (χ1v) is 7.71. The normalized spacial score (nSPS) is 10.6. The maximum absolute atomic E-state index is 6.09. The van der Waals surface area contributed by atoms with E-state index in [9.17, 15) is 0 Å². The Morgan fingerprint density at radius 1 is 1.35 bits per heavy atom. The number of nitrogens with one attached hydrogen (secondary N) is 1. The minimum atomic E-state index is 0.617. The summed E-state index contributed by atoms with van der Waals surface area (Å²) in [5, 5.41) is 7.97. The molecule has 2 rings (SSSR count). The van der Waals surface area contributed by atoms with Crippen molar-refractivity contribution in [3.8, 4) is 11.5 Å². The van der Waals surface area contributed by atoms with Crippen LogP contribution in [0.25, 0.3) is 0 Å². The summed E-state index contributed by atoms with van der Waals surface area (Å²) in [6, 6.07) is 5.79. The van der Waals surface area contributed by atoms with Crippen LogP contribution in [-0.2, 0) is 13.0 Å². The molecule has 0 saturated heterocycles. The summed E-state index contributed by atoms with van der Waals surface area (Å²) in [4.78, 5) is 0. The van der Waals surface area contributed by atoms with Gasteiger partial charge in [0.05, 0.1) is 13.7 Å². The van der Waals surface area contributed by atoms with E-state index >= 15 is 0 Å². The maximum atomic E-state index is 6.09. The number of hydrogen-bond acceptors (Lipinski definition) is 4. The number of benzene rings is 1. The predicted molar refractivity (Wildman–Crippen MR) is 84.3 cm³/mol. The zero-order valence-electron chi connectivity index (χ0n) is 11.6. The number of hydrogen-bond donors (Lipinski definition) is 1. The highest BCUT2D eigenvalue weighted by Gasteiger charge is 2.12. The average Bonchev–Trinajstić information content (AvgIpc) is 2.94. The number of methoxy groups -OCH3 is 1. The zero-order valence-corrected chi connectivity index (χ0v) is 13.2. The Labute approximate surface area is 128 Å². The van der Waals surface area contributed by atoms with Gasteiger partial charge in [0.2, 0.25) is 0 Å². The number of ether oxygens (including phenoxy) is 2. The van der Waals surface area contributed by atoms with Gasteiger partial charge in [-0.3, -0.25) is 0 Å². The monoisotopic (exact) mass is 311 g/mol. The lowest BCUT2D eigenvalue weighted by Crippen LogP contribution is -2.10. The van der Waals surface area contributed by atoms with Gasteiger partial charge in [-0.1, -0.05) is 11.6 Å². The van der Waals surface area contributed by atoms with E-state index in [1.807, 2.05) is 13.1 Å². The molecule has 0 aliphatic carbocycles. The van der Waals surface area contributed by atoms with Crippen LogP contribution in [0.3, 0.4) is 0 Å². The van der Waals surface area contributed by atoms with Gasteiger partial charge in [-0.05, 0) is 35.5 Å². The van der Waals surface area contributed by atoms with Crippen molar-refractivity contribution in [3.05, 3.63) is 45.1 Å². The highest BCUT2D eigenvalue weighted by Crippen LogP contribution is 2.34. The lowest BCUT2D eigenvalue weighted by molar-refractivity contribution is 0.294. The fourth-order valence-electron chi connectivity index (χ4n) is 1.97. The standard InChI is InChI=1S/C15H18ClNO2S/c1-17-9-12-7-13(16)8-14(18-2)15(12)19-5-3-11-4-6-20-10-11/h4,6-8,10,17H,3,5,9H2,1-2H3. The highest BCUT2D eigenvalue weighted by atomic mass is 35.5. The van der Waals surface area contributed by atoms with Crippen LogP contribution in [0, 0.1) is 0 Å². The van der Waals surface area contributed by atoms with Crippen molar-refractivity contribution in [2.75, 3.05) is 20.8 Å². The molecule has 0 bridgehead atoms. The van der Waals surface area contributed by atoms with Gasteiger partial charge in [-0.2, -0.15) is 11.3 Å². The average molecular weight is 312 g/mol. The molecule has 0 radical (unpaired) electrons. The number of halogens is 1. The second-order valence-electron chi connectivity index (χ2n) is 4.36. The zero-order chi connectivity index (χ0) is 14.4. The fraction of sp³-hybridized carbons (Fsp3) is 0.333. The predicted octanol–water partition coefficient (Wildman–Crippen LogP) is 3.75. The number of rotatable bonds is 7. The van der Waals surface area contributed by atoms with Crippen LogP contribution in [0.5, 0.6) is 11.5 Å². The van der Waals surface area contributed by atoms with Crippen molar-refractivity contribution in [1.29, 1.82) is 0 Å². The quantitative estimate of drug-likeness (QED) is 0.844. The Balaban J connectivity index is 2.11. The summed E-state index contributed by atoms with van der Waals surface area (Å²) in [6.45, 7) is 1.30. The molecule has 1 heterocycles. The van der Waals surface area contributed by atoms with Gasteiger partial charge in [-0.25, -0.2) is 0 Å². The molecule has 0 spiro atoms. The molecule has 0 aliphatic heterocycles. The molecule has 2 aromatic rings. The van der Waals surface area contributed by atoms with Crippen molar-refractivity contribution < 1.29 is 9.47 Å². The molecule has 20 heavy (non-hydrogen) atoms. The van der Waals surface area contributed by atoms with Gasteiger partial charge in [-0.15, -0.1) is 0 Å². The van der Waals surface area contributed by atoms with E-state index in [-0.39, 0.29) is 0 Å². The first kappa shape index (κ1) is 15.2. The summed E-state index contributed by atoms with van der Waals surface area (Å²) >= 11 is 7.79. The first-order valence-electron chi connectivity index (χ1n) is 6.39. The van der Waals surface area contributed by atoms with E-state index in [0.717, 1.165) is 17.7 Å². The molecule has 0 atom stereocenters. The molecule has 5 heteroatoms. The molecule has 108 valence electrons. The molecule has 0 unspecified atom stereocenters. The van der Waals surface area contributed by atoms with E-state index in [2.05, 4.69) is 22.1 Å². The Morgan fingerprint density at radius 3 is 2.85 bits per heavy atom.